The van der Waals surface area contributed by atoms with E-state index in [1.807, 2.05) is 6.92 Å². The van der Waals surface area contributed by atoms with Crippen molar-refractivity contribution in [2.45, 2.75) is 65.2 Å². The molecule has 0 aliphatic rings. The molecule has 0 rings (SSSR count). The van der Waals surface area contributed by atoms with E-state index in [0.717, 1.165) is 37.0 Å². The third-order valence-corrected chi connectivity index (χ3v) is 2.91. The Hall–Kier alpha value is -1.26. The number of amides is 2. The number of carbonyl (C=O) groups excluding carboxylic acids is 1. The van der Waals surface area contributed by atoms with Crippen molar-refractivity contribution in [3.63, 3.8) is 0 Å². The quantitative estimate of drug-likeness (QED) is 0.604. The fraction of sp³-hybridized carbons (Fsp3) is 0.857. The van der Waals surface area contributed by atoms with Gasteiger partial charge in [0, 0.05) is 6.54 Å². The van der Waals surface area contributed by atoms with Crippen molar-refractivity contribution < 1.29 is 19.4 Å². The van der Waals surface area contributed by atoms with Crippen LogP contribution < -0.4 is 0 Å². The number of imide groups is 1. The lowest BCUT2D eigenvalue weighted by Gasteiger charge is -2.16. The number of rotatable bonds is 10. The topological polar surface area (TPSA) is 66.8 Å². The third kappa shape index (κ3) is 9.33. The first kappa shape index (κ1) is 17.7. The van der Waals surface area contributed by atoms with Crippen LogP contribution in [0.3, 0.4) is 0 Å². The van der Waals surface area contributed by atoms with E-state index in [1.54, 1.807) is 0 Å². The third-order valence-electron chi connectivity index (χ3n) is 2.91. The van der Waals surface area contributed by atoms with Gasteiger partial charge in [-0.3, -0.25) is 0 Å². The molecule has 0 aromatic rings. The number of ether oxygens (including phenoxy) is 1. The number of carboxylic acid groups (broad SMARTS) is 1. The summed E-state index contributed by atoms with van der Waals surface area (Å²) in [4.78, 5) is 23.3. The second kappa shape index (κ2) is 11.8. The van der Waals surface area contributed by atoms with Crippen molar-refractivity contribution in [1.82, 2.24) is 4.90 Å². The predicted octanol–water partition coefficient (Wildman–Crippen LogP) is 4.26. The van der Waals surface area contributed by atoms with Crippen molar-refractivity contribution in [3.8, 4) is 0 Å². The van der Waals surface area contributed by atoms with Crippen molar-refractivity contribution in [3.05, 3.63) is 0 Å². The van der Waals surface area contributed by atoms with Crippen LogP contribution in [0.1, 0.15) is 65.2 Å². The van der Waals surface area contributed by atoms with Crippen molar-refractivity contribution in [2.75, 3.05) is 13.2 Å². The van der Waals surface area contributed by atoms with E-state index in [-0.39, 0.29) is 6.54 Å². The Labute approximate surface area is 115 Å². The summed E-state index contributed by atoms with van der Waals surface area (Å²) in [5.74, 6) is 0. The average molecular weight is 273 g/mol. The Kier molecular flexibility index (Phi) is 11.0. The zero-order valence-corrected chi connectivity index (χ0v) is 12.2. The van der Waals surface area contributed by atoms with Gasteiger partial charge in [-0.1, -0.05) is 52.4 Å². The van der Waals surface area contributed by atoms with Crippen molar-refractivity contribution in [2.24, 2.45) is 0 Å². The van der Waals surface area contributed by atoms with Gasteiger partial charge in [0.15, 0.2) is 0 Å². The van der Waals surface area contributed by atoms with Gasteiger partial charge in [-0.05, 0) is 12.8 Å². The zero-order chi connectivity index (χ0) is 14.5. The lowest BCUT2D eigenvalue weighted by atomic mass is 10.2. The molecule has 0 aliphatic heterocycles. The van der Waals surface area contributed by atoms with Crippen LogP contribution in [0.4, 0.5) is 9.59 Å². The highest BCUT2D eigenvalue weighted by Crippen LogP contribution is 2.05. The van der Waals surface area contributed by atoms with Gasteiger partial charge in [0.25, 0.3) is 0 Å². The fourth-order valence-electron chi connectivity index (χ4n) is 1.73. The smallest absolute Gasteiger partial charge is 0.419 e. The Morgan fingerprint density at radius 1 is 0.947 bits per heavy atom. The lowest BCUT2D eigenvalue weighted by Crippen LogP contribution is -2.37. The number of hydrogen-bond acceptors (Lipinski definition) is 3. The van der Waals surface area contributed by atoms with Gasteiger partial charge in [0.2, 0.25) is 0 Å². The van der Waals surface area contributed by atoms with Crippen LogP contribution in [0, 0.1) is 0 Å². The molecular weight excluding hydrogens is 246 g/mol. The molecule has 0 saturated carbocycles. The maximum atomic E-state index is 11.6. The minimum Gasteiger partial charge on any atom is -0.465 e. The van der Waals surface area contributed by atoms with Crippen LogP contribution in [-0.2, 0) is 4.74 Å². The molecule has 0 fully saturated rings. The minimum atomic E-state index is -1.23. The van der Waals surface area contributed by atoms with Gasteiger partial charge in [-0.2, -0.15) is 0 Å². The predicted molar refractivity (Wildman–Crippen MR) is 74.4 cm³/mol. The normalized spacial score (nSPS) is 10.2. The molecule has 5 nitrogen and oxygen atoms in total. The number of carbonyl (C=O) groups is 2. The monoisotopic (exact) mass is 273 g/mol. The highest BCUT2D eigenvalue weighted by Gasteiger charge is 2.21. The maximum absolute atomic E-state index is 11.6. The van der Waals surface area contributed by atoms with Crippen LogP contribution in [0.15, 0.2) is 0 Å². The standard InChI is InChI=1S/C14H27NO4/c1-3-5-7-8-10-12-19-14(18)15(13(16)17)11-9-6-4-2/h3-12H2,1-2H3,(H,16,17). The summed E-state index contributed by atoms with van der Waals surface area (Å²) in [6, 6.07) is 0. The second-order valence-electron chi connectivity index (χ2n) is 4.67. The highest BCUT2D eigenvalue weighted by atomic mass is 16.6. The van der Waals surface area contributed by atoms with Crippen molar-refractivity contribution in [1.29, 1.82) is 0 Å². The summed E-state index contributed by atoms with van der Waals surface area (Å²) in [6.45, 7) is 4.69. The average Bonchev–Trinajstić information content (AvgIpc) is 2.38. The number of unbranched alkanes of at least 4 members (excludes halogenated alkanes) is 6. The van der Waals surface area contributed by atoms with Gasteiger partial charge in [0.05, 0.1) is 6.61 Å². The first-order valence-corrected chi connectivity index (χ1v) is 7.30. The minimum absolute atomic E-state index is 0.220. The Morgan fingerprint density at radius 3 is 2.11 bits per heavy atom. The molecule has 0 radical (unpaired) electrons. The Morgan fingerprint density at radius 2 is 1.53 bits per heavy atom. The fourth-order valence-corrected chi connectivity index (χ4v) is 1.73. The van der Waals surface area contributed by atoms with E-state index < -0.39 is 12.2 Å². The van der Waals surface area contributed by atoms with E-state index >= 15 is 0 Å². The van der Waals surface area contributed by atoms with Crippen LogP contribution in [0.2, 0.25) is 0 Å². The summed E-state index contributed by atoms with van der Waals surface area (Å²) >= 11 is 0. The SMILES string of the molecule is CCCCCCCOC(=O)N(CCCCC)C(=O)O. The van der Waals surface area contributed by atoms with Crippen LogP contribution in [0.5, 0.6) is 0 Å². The van der Waals surface area contributed by atoms with E-state index in [2.05, 4.69) is 6.92 Å². The molecule has 0 atom stereocenters. The number of hydrogen-bond donors (Lipinski definition) is 1. The number of nitrogens with zero attached hydrogens (tertiary/aromatic N) is 1. The summed E-state index contributed by atoms with van der Waals surface area (Å²) < 4.78 is 4.98. The summed E-state index contributed by atoms with van der Waals surface area (Å²) in [5.41, 5.74) is 0. The molecule has 0 aliphatic carbocycles. The molecule has 0 heterocycles. The zero-order valence-electron chi connectivity index (χ0n) is 12.2. The molecule has 0 unspecified atom stereocenters. The van der Waals surface area contributed by atoms with Crippen LogP contribution in [-0.4, -0.2) is 35.3 Å². The van der Waals surface area contributed by atoms with Crippen LogP contribution >= 0.6 is 0 Å². The molecule has 1 N–H and O–H groups in total. The summed E-state index contributed by atoms with van der Waals surface area (Å²) in [7, 11) is 0. The van der Waals surface area contributed by atoms with Crippen LogP contribution in [0.25, 0.3) is 0 Å². The largest absolute Gasteiger partial charge is 0.465 e. The molecule has 2 amide bonds. The van der Waals surface area contributed by atoms with Gasteiger partial charge in [-0.15, -0.1) is 0 Å². The van der Waals surface area contributed by atoms with E-state index in [0.29, 0.717) is 13.0 Å². The Balaban J connectivity index is 3.82. The van der Waals surface area contributed by atoms with E-state index in [9.17, 15) is 9.59 Å². The molecule has 0 spiro atoms. The van der Waals surface area contributed by atoms with Gasteiger partial charge in [-0.25, -0.2) is 14.5 Å². The van der Waals surface area contributed by atoms with E-state index in [1.165, 1.54) is 12.8 Å². The maximum Gasteiger partial charge on any atom is 0.419 e. The molecular formula is C14H27NO4. The molecule has 5 heteroatoms. The highest BCUT2D eigenvalue weighted by molar-refractivity contribution is 5.86. The molecule has 0 saturated heterocycles. The summed E-state index contributed by atoms with van der Waals surface area (Å²) in [6.07, 6.45) is 5.93. The molecule has 0 aromatic heterocycles. The van der Waals surface area contributed by atoms with Crippen molar-refractivity contribution >= 4 is 12.2 Å². The molecule has 0 bridgehead atoms. The van der Waals surface area contributed by atoms with E-state index in [4.69, 9.17) is 9.84 Å². The van der Waals surface area contributed by atoms with Gasteiger partial charge in [0.1, 0.15) is 0 Å². The van der Waals surface area contributed by atoms with Gasteiger partial charge >= 0.3 is 12.2 Å². The van der Waals surface area contributed by atoms with Gasteiger partial charge < -0.3 is 9.84 Å². The second-order valence-corrected chi connectivity index (χ2v) is 4.67. The Bertz CT molecular complexity index is 256. The lowest BCUT2D eigenvalue weighted by molar-refractivity contribution is 0.0925. The molecule has 0 aromatic carbocycles. The first-order chi connectivity index (χ1) is 9.13. The first-order valence-electron chi connectivity index (χ1n) is 7.30. The summed E-state index contributed by atoms with van der Waals surface area (Å²) in [5, 5.41) is 8.94. The molecule has 112 valence electrons. The molecule has 19 heavy (non-hydrogen) atoms.